The molecule has 0 saturated carbocycles. The molecule has 38 heavy (non-hydrogen) atoms. The molecular formula is C8H18O22P8. The van der Waals surface area contributed by atoms with Gasteiger partial charge in [-0.3, -0.25) is 27.4 Å². The Hall–Kier alpha value is 0.500. The van der Waals surface area contributed by atoms with E-state index < -0.39 is 79.5 Å². The van der Waals surface area contributed by atoms with Crippen molar-refractivity contribution in [1.82, 2.24) is 0 Å². The van der Waals surface area contributed by atoms with Gasteiger partial charge in [-0.05, 0) is 11.1 Å². The van der Waals surface area contributed by atoms with Gasteiger partial charge in [-0.25, -0.2) is 9.13 Å². The Morgan fingerprint density at radius 2 is 0.526 bits per heavy atom. The normalized spacial score (nSPS) is 18.5. The van der Waals surface area contributed by atoms with Crippen molar-refractivity contribution in [3.63, 3.8) is 0 Å². The average Bonchev–Trinajstić information content (AvgIpc) is 2.56. The van der Waals surface area contributed by atoms with Crippen LogP contribution >= 0.6 is 59.1 Å². The monoisotopic (exact) mass is 714 g/mol. The van der Waals surface area contributed by atoms with Gasteiger partial charge in [0.2, 0.25) is 0 Å². The maximum Gasteiger partial charge on any atom is 0.409 e. The molecule has 0 heterocycles. The summed E-state index contributed by atoms with van der Waals surface area (Å²) < 4.78 is 87.1. The van der Waals surface area contributed by atoms with E-state index in [1.165, 1.54) is 0 Å². The quantitative estimate of drug-likeness (QED) is 0.134. The van der Waals surface area contributed by atoms with Crippen molar-refractivity contribution in [1.29, 1.82) is 0 Å². The Morgan fingerprint density at radius 3 is 0.632 bits per heavy atom. The van der Waals surface area contributed by atoms with Crippen LogP contribution in [-0.4, -0.2) is 68.5 Å². The molecule has 1 rings (SSSR count). The second kappa shape index (κ2) is 10.1. The molecule has 0 saturated heterocycles. The van der Waals surface area contributed by atoms with E-state index in [1.807, 2.05) is 0 Å². The zero-order chi connectivity index (χ0) is 31.0. The molecule has 1 aromatic carbocycles. The molecule has 0 radical (unpaired) electrons. The SMILES string of the molecule is O=P(O)(O)C(c1ccc(C(P(=O)(O)O)(P(=O)(O)O)P(=O)(O)P(=O)(O)O)cc1)(P(=O)(O)O)P(=O)(O)P(=O)(O)O. The third kappa shape index (κ3) is 5.15. The predicted molar refractivity (Wildman–Crippen MR) is 122 cm³/mol. The fraction of sp³-hybridized carbons (Fsp3) is 0.250. The molecule has 0 aliphatic heterocycles. The summed E-state index contributed by atoms with van der Waals surface area (Å²) in [5.74, 6) is 0. The first-order valence-electron chi connectivity index (χ1n) is 8.32. The van der Waals surface area contributed by atoms with Gasteiger partial charge in [0, 0.05) is 0 Å². The van der Waals surface area contributed by atoms with Gasteiger partial charge >= 0.3 is 59.1 Å². The lowest BCUT2D eigenvalue weighted by Crippen LogP contribution is -2.29. The summed E-state index contributed by atoms with van der Waals surface area (Å²) in [5.41, 5.74) is -3.85. The van der Waals surface area contributed by atoms with Crippen LogP contribution in [0.3, 0.4) is 0 Å². The molecule has 0 aliphatic rings. The van der Waals surface area contributed by atoms with E-state index in [1.54, 1.807) is 0 Å². The van der Waals surface area contributed by atoms with E-state index in [9.17, 15) is 105 Å². The van der Waals surface area contributed by atoms with Crippen molar-refractivity contribution < 1.29 is 105 Å². The third-order valence-corrected chi connectivity index (χ3v) is 30.1. The maximum atomic E-state index is 12.6. The van der Waals surface area contributed by atoms with E-state index in [-0.39, 0.29) is 24.3 Å². The van der Waals surface area contributed by atoms with Gasteiger partial charge in [0.15, 0.2) is 0 Å². The fourth-order valence-corrected chi connectivity index (χ4v) is 26.4. The second-order valence-electron chi connectivity index (χ2n) is 7.14. The molecule has 30 heteroatoms. The minimum Gasteiger partial charge on any atom is -0.335 e. The lowest BCUT2D eigenvalue weighted by atomic mass is 10.2. The molecule has 0 aliphatic carbocycles. The Bertz CT molecular complexity index is 1330. The number of hydrogen-bond acceptors (Lipinski definition) is 8. The van der Waals surface area contributed by atoms with Crippen LogP contribution in [0.25, 0.3) is 0 Å². The van der Waals surface area contributed by atoms with Crippen LogP contribution in [0, 0.1) is 0 Å². The van der Waals surface area contributed by atoms with Gasteiger partial charge in [-0.15, -0.1) is 0 Å². The molecule has 0 amide bonds. The van der Waals surface area contributed by atoms with Gasteiger partial charge < -0.3 is 68.5 Å². The van der Waals surface area contributed by atoms with E-state index in [4.69, 9.17) is 0 Å². The zero-order valence-electron chi connectivity index (χ0n) is 17.4. The Morgan fingerprint density at radius 1 is 0.368 bits per heavy atom. The lowest BCUT2D eigenvalue weighted by molar-refractivity contribution is 0.314. The summed E-state index contributed by atoms with van der Waals surface area (Å²) in [4.78, 5) is 134. The van der Waals surface area contributed by atoms with Gasteiger partial charge in [0.1, 0.15) is 0 Å². The summed E-state index contributed by atoms with van der Waals surface area (Å²) in [6, 6.07) is -1.20. The maximum absolute atomic E-state index is 12.6. The summed E-state index contributed by atoms with van der Waals surface area (Å²) in [6.45, 7) is 0. The number of rotatable bonds is 10. The van der Waals surface area contributed by atoms with Crippen molar-refractivity contribution in [3.05, 3.63) is 35.4 Å². The standard InChI is InChI=1S/C8H18O22P8/c9-31(10,11)7(32(12,13)14,35(21,22)37(25,26)27)5-1-2-6(4-3-5)8(33(15,16)17,34(18,19)20)36(23,24)38(28,29)30/h1-4H,(H,21,22)(H,23,24)(H2,9,10,11)(H2,12,13,14)(H2,15,16,17)(H2,18,19,20)(H2,25,26,27)(H2,28,29,30). The highest BCUT2D eigenvalue weighted by molar-refractivity contribution is 8.33. The topological polar surface area (TPSA) is 420 Å². The molecular weight excluding hydrogens is 696 g/mol. The Kier molecular flexibility index (Phi) is 9.66. The molecule has 2 unspecified atom stereocenters. The van der Waals surface area contributed by atoms with Gasteiger partial charge in [0.05, 0.1) is 0 Å². The van der Waals surface area contributed by atoms with Crippen molar-refractivity contribution in [2.24, 2.45) is 0 Å². The molecule has 222 valence electrons. The number of hydrogen-bond donors (Lipinski definition) is 14. The summed E-state index contributed by atoms with van der Waals surface area (Å²) in [5, 5.41) is 0. The largest absolute Gasteiger partial charge is 0.409 e. The molecule has 0 aromatic heterocycles. The molecule has 1 aromatic rings. The summed E-state index contributed by atoms with van der Waals surface area (Å²) in [7, 11) is -55.7. The first kappa shape index (κ1) is 36.5. The van der Waals surface area contributed by atoms with Crippen LogP contribution in [0.1, 0.15) is 11.1 Å². The Balaban J connectivity index is 4.52. The second-order valence-corrected chi connectivity index (χ2v) is 28.2. The molecule has 0 fully saturated rings. The smallest absolute Gasteiger partial charge is 0.335 e. The van der Waals surface area contributed by atoms with Crippen molar-refractivity contribution in [3.8, 4) is 0 Å². The zero-order valence-corrected chi connectivity index (χ0v) is 24.6. The van der Waals surface area contributed by atoms with Gasteiger partial charge in [-0.1, -0.05) is 24.3 Å². The average molecular weight is 714 g/mol. The number of benzene rings is 1. The van der Waals surface area contributed by atoms with E-state index in [0.29, 0.717) is 0 Å². The van der Waals surface area contributed by atoms with E-state index in [0.717, 1.165) is 0 Å². The van der Waals surface area contributed by atoms with Crippen LogP contribution in [-0.2, 0) is 45.8 Å². The van der Waals surface area contributed by atoms with Crippen LogP contribution in [0.2, 0.25) is 0 Å². The molecule has 0 spiro atoms. The molecule has 2 atom stereocenters. The predicted octanol–water partition coefficient (Wildman–Crippen LogP) is -0.656. The van der Waals surface area contributed by atoms with Crippen LogP contribution < -0.4 is 0 Å². The van der Waals surface area contributed by atoms with Crippen LogP contribution in [0.15, 0.2) is 24.3 Å². The lowest BCUT2D eigenvalue weighted by Gasteiger charge is -2.39. The van der Waals surface area contributed by atoms with Crippen molar-refractivity contribution in [2.75, 3.05) is 0 Å². The first-order valence-corrected chi connectivity index (χ1v) is 22.7. The van der Waals surface area contributed by atoms with Crippen molar-refractivity contribution in [2.45, 2.75) is 9.28 Å². The third-order valence-electron chi connectivity index (χ3n) is 4.80. The van der Waals surface area contributed by atoms with Crippen LogP contribution in [0.4, 0.5) is 0 Å². The summed E-state index contributed by atoms with van der Waals surface area (Å²) >= 11 is 0. The Labute approximate surface area is 209 Å². The van der Waals surface area contributed by atoms with E-state index in [2.05, 4.69) is 0 Å². The van der Waals surface area contributed by atoms with Crippen molar-refractivity contribution >= 4 is 59.1 Å². The fourth-order valence-electron chi connectivity index (χ4n) is 3.31. The minimum absolute atomic E-state index is 0.300. The minimum atomic E-state index is -7.16. The van der Waals surface area contributed by atoms with Crippen LogP contribution in [0.5, 0.6) is 0 Å². The summed E-state index contributed by atoms with van der Waals surface area (Å²) in [6.07, 6.45) is 0. The highest BCUT2D eigenvalue weighted by Crippen LogP contribution is 3.00. The van der Waals surface area contributed by atoms with E-state index >= 15 is 0 Å². The highest BCUT2D eigenvalue weighted by atomic mass is 32.1. The highest BCUT2D eigenvalue weighted by Gasteiger charge is 2.79. The molecule has 22 nitrogen and oxygen atoms in total. The first-order chi connectivity index (χ1) is 16.2. The molecule has 0 bridgehead atoms. The van der Waals surface area contributed by atoms with Gasteiger partial charge in [0.25, 0.3) is 9.28 Å². The molecule has 14 N–H and O–H groups in total. The van der Waals surface area contributed by atoms with Gasteiger partial charge in [-0.2, -0.15) is 0 Å².